The molecule has 72 valence electrons. The fourth-order valence-corrected chi connectivity index (χ4v) is 1.66. The maximum Gasteiger partial charge on any atom is 0.161 e. The van der Waals surface area contributed by atoms with Gasteiger partial charge < -0.3 is 10.1 Å². The van der Waals surface area contributed by atoms with E-state index >= 15 is 0 Å². The molecule has 14 heavy (non-hydrogen) atoms. The second kappa shape index (κ2) is 3.77. The van der Waals surface area contributed by atoms with Crippen molar-refractivity contribution in [3.05, 3.63) is 23.2 Å². The number of halogens is 1. The number of ether oxygens (including phenoxy) is 1. The molecule has 1 aromatic carbocycles. The minimum atomic E-state index is 0.0611. The Morgan fingerprint density at radius 1 is 1.64 bits per heavy atom. The van der Waals surface area contributed by atoms with E-state index in [1.807, 2.05) is 12.1 Å². The predicted molar refractivity (Wildman–Crippen MR) is 54.6 cm³/mol. The Hall–Kier alpha value is -1.40. The van der Waals surface area contributed by atoms with E-state index in [0.717, 1.165) is 5.69 Å². The molecule has 1 aliphatic heterocycles. The van der Waals surface area contributed by atoms with Crippen molar-refractivity contribution in [3.8, 4) is 11.8 Å². The smallest absolute Gasteiger partial charge is 0.161 e. The SMILES string of the molecule is N#CCC1COc2c(Cl)cccc2N1. The van der Waals surface area contributed by atoms with Gasteiger partial charge in [0.25, 0.3) is 0 Å². The maximum atomic E-state index is 8.55. The van der Waals surface area contributed by atoms with Gasteiger partial charge in [0.2, 0.25) is 0 Å². The molecule has 0 bridgehead atoms. The largest absolute Gasteiger partial charge is 0.488 e. The number of nitrogens with one attached hydrogen (secondary N) is 1. The molecule has 0 amide bonds. The minimum Gasteiger partial charge on any atom is -0.488 e. The van der Waals surface area contributed by atoms with Gasteiger partial charge in [0.05, 0.1) is 29.2 Å². The monoisotopic (exact) mass is 208 g/mol. The highest BCUT2D eigenvalue weighted by atomic mass is 35.5. The van der Waals surface area contributed by atoms with E-state index in [4.69, 9.17) is 21.6 Å². The molecule has 0 radical (unpaired) electrons. The predicted octanol–water partition coefficient (Wildman–Crippen LogP) is 2.43. The van der Waals surface area contributed by atoms with Crippen molar-refractivity contribution < 1.29 is 4.74 Å². The highest BCUT2D eigenvalue weighted by molar-refractivity contribution is 6.32. The number of anilines is 1. The Labute approximate surface area is 87.2 Å². The zero-order chi connectivity index (χ0) is 9.97. The summed E-state index contributed by atoms with van der Waals surface area (Å²) >= 11 is 5.94. The van der Waals surface area contributed by atoms with Crippen molar-refractivity contribution in [1.82, 2.24) is 0 Å². The van der Waals surface area contributed by atoms with Gasteiger partial charge in [-0.3, -0.25) is 0 Å². The number of hydrogen-bond donors (Lipinski definition) is 1. The van der Waals surface area contributed by atoms with E-state index in [9.17, 15) is 0 Å². The molecule has 0 saturated carbocycles. The molecule has 0 spiro atoms. The molecule has 0 saturated heterocycles. The number of rotatable bonds is 1. The lowest BCUT2D eigenvalue weighted by Gasteiger charge is -2.26. The lowest BCUT2D eigenvalue weighted by Crippen LogP contribution is -2.30. The van der Waals surface area contributed by atoms with E-state index in [0.29, 0.717) is 23.8 Å². The molecule has 1 unspecified atom stereocenters. The first-order valence-corrected chi connectivity index (χ1v) is 4.74. The second-order valence-electron chi connectivity index (χ2n) is 3.13. The van der Waals surface area contributed by atoms with E-state index < -0.39 is 0 Å². The summed E-state index contributed by atoms with van der Waals surface area (Å²) in [6.07, 6.45) is 0.436. The normalized spacial score (nSPS) is 18.7. The van der Waals surface area contributed by atoms with Crippen LogP contribution in [0.15, 0.2) is 18.2 Å². The van der Waals surface area contributed by atoms with Gasteiger partial charge in [-0.25, -0.2) is 0 Å². The van der Waals surface area contributed by atoms with Crippen molar-refractivity contribution in [3.63, 3.8) is 0 Å². The topological polar surface area (TPSA) is 45.0 Å². The van der Waals surface area contributed by atoms with Crippen LogP contribution in [-0.2, 0) is 0 Å². The Kier molecular flexibility index (Phi) is 2.47. The summed E-state index contributed by atoms with van der Waals surface area (Å²) in [5.41, 5.74) is 0.865. The van der Waals surface area contributed by atoms with Crippen LogP contribution in [0.25, 0.3) is 0 Å². The summed E-state index contributed by atoms with van der Waals surface area (Å²) in [5, 5.41) is 12.4. The summed E-state index contributed by atoms with van der Waals surface area (Å²) in [6.45, 7) is 0.490. The van der Waals surface area contributed by atoms with Gasteiger partial charge in [-0.15, -0.1) is 0 Å². The van der Waals surface area contributed by atoms with Crippen molar-refractivity contribution in [2.45, 2.75) is 12.5 Å². The maximum absolute atomic E-state index is 8.55. The van der Waals surface area contributed by atoms with Crippen molar-refractivity contribution in [2.75, 3.05) is 11.9 Å². The quantitative estimate of drug-likeness (QED) is 0.771. The fourth-order valence-electron chi connectivity index (χ4n) is 1.43. The van der Waals surface area contributed by atoms with Gasteiger partial charge in [-0.05, 0) is 12.1 Å². The number of nitriles is 1. The molecule has 1 N–H and O–H groups in total. The summed E-state index contributed by atoms with van der Waals surface area (Å²) in [7, 11) is 0. The van der Waals surface area contributed by atoms with Crippen molar-refractivity contribution >= 4 is 17.3 Å². The highest BCUT2D eigenvalue weighted by Crippen LogP contribution is 2.35. The van der Waals surface area contributed by atoms with E-state index in [1.54, 1.807) is 6.07 Å². The van der Waals surface area contributed by atoms with Crippen LogP contribution < -0.4 is 10.1 Å². The molecular formula is C10H9ClN2O. The number of para-hydroxylation sites is 1. The third kappa shape index (κ3) is 1.61. The van der Waals surface area contributed by atoms with Crippen LogP contribution in [0.1, 0.15) is 6.42 Å². The lowest BCUT2D eigenvalue weighted by molar-refractivity contribution is 0.286. The Morgan fingerprint density at radius 2 is 2.50 bits per heavy atom. The summed E-state index contributed by atoms with van der Waals surface area (Å²) < 4.78 is 5.47. The first-order chi connectivity index (χ1) is 6.81. The van der Waals surface area contributed by atoms with Crippen LogP contribution in [0.2, 0.25) is 5.02 Å². The fraction of sp³-hybridized carbons (Fsp3) is 0.300. The lowest BCUT2D eigenvalue weighted by atomic mass is 10.1. The second-order valence-corrected chi connectivity index (χ2v) is 3.54. The summed E-state index contributed by atoms with van der Waals surface area (Å²) in [6, 6.07) is 7.70. The molecule has 0 aromatic heterocycles. The van der Waals surface area contributed by atoms with Crippen LogP contribution in [0, 0.1) is 11.3 Å². The standard InChI is InChI=1S/C10H9ClN2O/c11-8-2-1-3-9-10(8)14-6-7(13-9)4-5-12/h1-3,7,13H,4,6H2. The molecule has 1 aliphatic rings. The Balaban J connectivity index is 2.24. The Morgan fingerprint density at radius 3 is 3.29 bits per heavy atom. The molecule has 1 heterocycles. The highest BCUT2D eigenvalue weighted by Gasteiger charge is 2.19. The van der Waals surface area contributed by atoms with E-state index in [2.05, 4.69) is 11.4 Å². The van der Waals surface area contributed by atoms with Crippen LogP contribution in [0.5, 0.6) is 5.75 Å². The van der Waals surface area contributed by atoms with Crippen LogP contribution >= 0.6 is 11.6 Å². The van der Waals surface area contributed by atoms with Crippen LogP contribution in [-0.4, -0.2) is 12.6 Å². The van der Waals surface area contributed by atoms with E-state index in [1.165, 1.54) is 0 Å². The zero-order valence-electron chi connectivity index (χ0n) is 7.46. The average Bonchev–Trinajstić information content (AvgIpc) is 2.18. The average molecular weight is 209 g/mol. The molecule has 2 rings (SSSR count). The number of nitrogens with zero attached hydrogens (tertiary/aromatic N) is 1. The van der Waals surface area contributed by atoms with Gasteiger partial charge in [-0.1, -0.05) is 17.7 Å². The van der Waals surface area contributed by atoms with Gasteiger partial charge in [0.1, 0.15) is 6.61 Å². The first-order valence-electron chi connectivity index (χ1n) is 4.36. The molecular weight excluding hydrogens is 200 g/mol. The van der Waals surface area contributed by atoms with Crippen LogP contribution in [0.3, 0.4) is 0 Å². The number of hydrogen-bond acceptors (Lipinski definition) is 3. The molecule has 4 heteroatoms. The third-order valence-electron chi connectivity index (χ3n) is 2.09. The third-order valence-corrected chi connectivity index (χ3v) is 2.39. The number of benzene rings is 1. The van der Waals surface area contributed by atoms with Gasteiger partial charge >= 0.3 is 0 Å². The summed E-state index contributed by atoms with van der Waals surface area (Å²) in [5.74, 6) is 0.684. The molecule has 0 fully saturated rings. The summed E-state index contributed by atoms with van der Waals surface area (Å²) in [4.78, 5) is 0. The molecule has 1 aromatic rings. The molecule has 1 atom stereocenters. The number of fused-ring (bicyclic) bond motifs is 1. The van der Waals surface area contributed by atoms with E-state index in [-0.39, 0.29) is 6.04 Å². The molecule has 0 aliphatic carbocycles. The van der Waals surface area contributed by atoms with Crippen LogP contribution in [0.4, 0.5) is 5.69 Å². The van der Waals surface area contributed by atoms with Gasteiger partial charge in [0.15, 0.2) is 5.75 Å². The first kappa shape index (κ1) is 9.17. The van der Waals surface area contributed by atoms with Crippen molar-refractivity contribution in [1.29, 1.82) is 5.26 Å². The van der Waals surface area contributed by atoms with Crippen molar-refractivity contribution in [2.24, 2.45) is 0 Å². The molecule has 3 nitrogen and oxygen atoms in total. The van der Waals surface area contributed by atoms with Gasteiger partial charge in [0, 0.05) is 0 Å². The van der Waals surface area contributed by atoms with Gasteiger partial charge in [-0.2, -0.15) is 5.26 Å². The zero-order valence-corrected chi connectivity index (χ0v) is 8.21. The minimum absolute atomic E-state index is 0.0611. The Bertz CT molecular complexity index is 386.